The molecule has 114 valence electrons. The summed E-state index contributed by atoms with van der Waals surface area (Å²) in [5.41, 5.74) is 1.84. The molecule has 0 fully saturated rings. The highest BCUT2D eigenvalue weighted by Gasteiger charge is 2.07. The molecule has 21 heavy (non-hydrogen) atoms. The Morgan fingerprint density at radius 2 is 2.05 bits per heavy atom. The van der Waals surface area contributed by atoms with Crippen molar-refractivity contribution in [3.8, 4) is 17.0 Å². The van der Waals surface area contributed by atoms with Crippen molar-refractivity contribution in [1.29, 1.82) is 0 Å². The second-order valence-corrected chi connectivity index (χ2v) is 4.93. The molecule has 1 amide bonds. The summed E-state index contributed by atoms with van der Waals surface area (Å²) in [6, 6.07) is 7.74. The van der Waals surface area contributed by atoms with Crippen LogP contribution in [0, 0.1) is 0 Å². The number of carbonyl (C=O) groups is 1. The molecule has 0 aliphatic carbocycles. The van der Waals surface area contributed by atoms with E-state index in [4.69, 9.17) is 4.74 Å². The third kappa shape index (κ3) is 5.00. The van der Waals surface area contributed by atoms with Crippen LogP contribution in [-0.4, -0.2) is 31.1 Å². The lowest BCUT2D eigenvalue weighted by Gasteiger charge is -2.03. The third-order valence-electron chi connectivity index (χ3n) is 2.55. The van der Waals surface area contributed by atoms with Gasteiger partial charge in [-0.15, -0.1) is 23.7 Å². The molecule has 2 rings (SSSR count). The van der Waals surface area contributed by atoms with Gasteiger partial charge in [0.1, 0.15) is 5.75 Å². The van der Waals surface area contributed by atoms with Gasteiger partial charge in [-0.2, -0.15) is 0 Å². The lowest BCUT2D eigenvalue weighted by atomic mass is 10.2. The van der Waals surface area contributed by atoms with Gasteiger partial charge in [0.05, 0.1) is 18.8 Å². The molecule has 0 unspecified atom stereocenters. The van der Waals surface area contributed by atoms with E-state index in [0.29, 0.717) is 11.7 Å². The van der Waals surface area contributed by atoms with Crippen LogP contribution in [0.4, 0.5) is 5.13 Å². The summed E-state index contributed by atoms with van der Waals surface area (Å²) in [7, 11) is 1.73. The molecule has 5 nitrogen and oxygen atoms in total. The van der Waals surface area contributed by atoms with Crippen LogP contribution in [0.5, 0.6) is 5.75 Å². The molecule has 0 atom stereocenters. The number of nitrogens with one attached hydrogen (secondary N) is 2. The molecule has 0 radical (unpaired) electrons. The van der Waals surface area contributed by atoms with Gasteiger partial charge in [0.15, 0.2) is 5.13 Å². The van der Waals surface area contributed by atoms with Gasteiger partial charge < -0.3 is 15.4 Å². The third-order valence-corrected chi connectivity index (χ3v) is 3.31. The fourth-order valence-corrected chi connectivity index (χ4v) is 2.41. The largest absolute Gasteiger partial charge is 0.494 e. The molecule has 0 saturated heterocycles. The van der Waals surface area contributed by atoms with Crippen LogP contribution >= 0.6 is 23.7 Å². The Balaban J connectivity index is 0.00000220. The molecular weight excluding hydrogens is 310 g/mol. The average molecular weight is 328 g/mol. The van der Waals surface area contributed by atoms with E-state index in [1.807, 2.05) is 36.6 Å². The van der Waals surface area contributed by atoms with Crippen molar-refractivity contribution in [2.24, 2.45) is 0 Å². The highest BCUT2D eigenvalue weighted by molar-refractivity contribution is 7.14. The van der Waals surface area contributed by atoms with Gasteiger partial charge in [-0.05, 0) is 38.2 Å². The molecule has 0 saturated carbocycles. The number of anilines is 1. The molecule has 1 heterocycles. The summed E-state index contributed by atoms with van der Waals surface area (Å²) in [5, 5.41) is 8.07. The fourth-order valence-electron chi connectivity index (χ4n) is 1.68. The van der Waals surface area contributed by atoms with Crippen molar-refractivity contribution in [2.75, 3.05) is 25.5 Å². The summed E-state index contributed by atoms with van der Waals surface area (Å²) in [6.45, 7) is 2.88. The van der Waals surface area contributed by atoms with Crippen LogP contribution in [0.3, 0.4) is 0 Å². The number of nitrogens with zero attached hydrogens (tertiary/aromatic N) is 1. The monoisotopic (exact) mass is 327 g/mol. The van der Waals surface area contributed by atoms with E-state index in [0.717, 1.165) is 17.0 Å². The summed E-state index contributed by atoms with van der Waals surface area (Å²) >= 11 is 1.41. The minimum Gasteiger partial charge on any atom is -0.494 e. The van der Waals surface area contributed by atoms with Gasteiger partial charge >= 0.3 is 0 Å². The van der Waals surface area contributed by atoms with E-state index in [2.05, 4.69) is 15.6 Å². The second kappa shape index (κ2) is 8.61. The van der Waals surface area contributed by atoms with Gasteiger partial charge in [0.25, 0.3) is 0 Å². The summed E-state index contributed by atoms with van der Waals surface area (Å²) in [5.74, 6) is 0.745. The van der Waals surface area contributed by atoms with Crippen molar-refractivity contribution >= 4 is 34.8 Å². The van der Waals surface area contributed by atoms with E-state index in [1.165, 1.54) is 11.3 Å². The molecule has 1 aromatic heterocycles. The number of hydrogen-bond acceptors (Lipinski definition) is 5. The zero-order valence-electron chi connectivity index (χ0n) is 11.9. The van der Waals surface area contributed by atoms with E-state index in [1.54, 1.807) is 7.05 Å². The molecule has 1 aromatic carbocycles. The number of rotatable bonds is 6. The number of benzene rings is 1. The first-order valence-corrected chi connectivity index (χ1v) is 7.24. The van der Waals surface area contributed by atoms with Crippen molar-refractivity contribution in [2.45, 2.75) is 6.92 Å². The van der Waals surface area contributed by atoms with E-state index < -0.39 is 0 Å². The highest BCUT2D eigenvalue weighted by atomic mass is 35.5. The number of thiazole rings is 1. The second-order valence-electron chi connectivity index (χ2n) is 4.07. The maximum atomic E-state index is 11.5. The summed E-state index contributed by atoms with van der Waals surface area (Å²) in [6.07, 6.45) is 0. The van der Waals surface area contributed by atoms with Crippen molar-refractivity contribution < 1.29 is 9.53 Å². The topological polar surface area (TPSA) is 63.2 Å². The number of hydrogen-bond donors (Lipinski definition) is 2. The van der Waals surface area contributed by atoms with E-state index in [9.17, 15) is 4.79 Å². The van der Waals surface area contributed by atoms with Crippen LogP contribution in [0.25, 0.3) is 11.3 Å². The molecule has 0 aliphatic heterocycles. The normalized spacial score (nSPS) is 9.81. The number of amides is 1. The van der Waals surface area contributed by atoms with Crippen molar-refractivity contribution in [3.05, 3.63) is 29.6 Å². The maximum absolute atomic E-state index is 11.5. The average Bonchev–Trinajstić information content (AvgIpc) is 2.88. The lowest BCUT2D eigenvalue weighted by Crippen LogP contribution is -2.24. The Bertz CT molecular complexity index is 572. The van der Waals surface area contributed by atoms with Crippen molar-refractivity contribution in [1.82, 2.24) is 10.3 Å². The van der Waals surface area contributed by atoms with Gasteiger partial charge in [0.2, 0.25) is 5.91 Å². The Morgan fingerprint density at radius 3 is 2.67 bits per heavy atom. The zero-order chi connectivity index (χ0) is 14.4. The molecule has 0 aliphatic rings. The molecule has 2 aromatic rings. The highest BCUT2D eigenvalue weighted by Crippen LogP contribution is 2.26. The van der Waals surface area contributed by atoms with Crippen LogP contribution < -0.4 is 15.4 Å². The predicted molar refractivity (Wildman–Crippen MR) is 88.5 cm³/mol. The minimum absolute atomic E-state index is 0. The quantitative estimate of drug-likeness (QED) is 0.856. The number of halogens is 1. The summed E-state index contributed by atoms with van der Waals surface area (Å²) < 4.78 is 5.40. The molecule has 0 spiro atoms. The number of carbonyl (C=O) groups excluding carboxylic acids is 1. The van der Waals surface area contributed by atoms with Crippen LogP contribution in [0.2, 0.25) is 0 Å². The maximum Gasteiger partial charge on any atom is 0.240 e. The van der Waals surface area contributed by atoms with Gasteiger partial charge in [-0.1, -0.05) is 0 Å². The van der Waals surface area contributed by atoms with Crippen LogP contribution in [0.1, 0.15) is 6.92 Å². The SMILES string of the molecule is CCOc1ccc(-c2csc(NC(=O)CNC)n2)cc1.Cl. The standard InChI is InChI=1S/C14H17N3O2S.ClH/c1-3-19-11-6-4-10(5-7-11)12-9-20-14(16-12)17-13(18)8-15-2;/h4-7,9,15H,3,8H2,1-2H3,(H,16,17,18);1H. The molecule has 7 heteroatoms. The first-order chi connectivity index (χ1) is 9.72. The zero-order valence-corrected chi connectivity index (χ0v) is 13.5. The van der Waals surface area contributed by atoms with Crippen molar-refractivity contribution in [3.63, 3.8) is 0 Å². The number of likely N-dealkylation sites (N-methyl/N-ethyl adjacent to an activating group) is 1. The Labute approximate surface area is 134 Å². The molecule has 2 N–H and O–H groups in total. The fraction of sp³-hybridized carbons (Fsp3) is 0.286. The van der Waals surface area contributed by atoms with E-state index in [-0.39, 0.29) is 24.9 Å². The number of ether oxygens (including phenoxy) is 1. The molecular formula is C14H18ClN3O2S. The van der Waals surface area contributed by atoms with Crippen LogP contribution in [-0.2, 0) is 4.79 Å². The molecule has 0 bridgehead atoms. The first-order valence-electron chi connectivity index (χ1n) is 6.36. The predicted octanol–water partition coefficient (Wildman–Crippen LogP) is 2.79. The van der Waals surface area contributed by atoms with Gasteiger partial charge in [-0.3, -0.25) is 4.79 Å². The van der Waals surface area contributed by atoms with Gasteiger partial charge in [0, 0.05) is 10.9 Å². The smallest absolute Gasteiger partial charge is 0.240 e. The first kappa shape index (κ1) is 17.4. The lowest BCUT2D eigenvalue weighted by molar-refractivity contribution is -0.115. The van der Waals surface area contributed by atoms with E-state index >= 15 is 0 Å². The number of aromatic nitrogens is 1. The van der Waals surface area contributed by atoms with Gasteiger partial charge in [-0.25, -0.2) is 4.98 Å². The Hall–Kier alpha value is -1.63. The van der Waals surface area contributed by atoms with Crippen LogP contribution in [0.15, 0.2) is 29.6 Å². The Kier molecular flexibility index (Phi) is 7.14. The Morgan fingerprint density at radius 1 is 1.33 bits per heavy atom. The minimum atomic E-state index is -0.0971. The summed E-state index contributed by atoms with van der Waals surface area (Å²) in [4.78, 5) is 15.8.